The molecule has 0 radical (unpaired) electrons. The van der Waals surface area contributed by atoms with Crippen molar-refractivity contribution in [1.29, 1.82) is 0 Å². The number of nitrogens with zero attached hydrogens (tertiary/aromatic N) is 2. The minimum Gasteiger partial charge on any atom is -0.342 e. The molecule has 5 nitrogen and oxygen atoms in total. The average Bonchev–Trinajstić information content (AvgIpc) is 2.80. The minimum atomic E-state index is -0.272. The van der Waals surface area contributed by atoms with Crippen molar-refractivity contribution in [3.63, 3.8) is 0 Å². The van der Waals surface area contributed by atoms with E-state index < -0.39 is 0 Å². The van der Waals surface area contributed by atoms with Crippen LogP contribution in [0.1, 0.15) is 36.1 Å². The van der Waals surface area contributed by atoms with Gasteiger partial charge in [0.05, 0.1) is 16.6 Å². The number of rotatable bonds is 4. The molecule has 2 N–H and O–H groups in total. The van der Waals surface area contributed by atoms with Crippen LogP contribution in [0.25, 0.3) is 0 Å². The van der Waals surface area contributed by atoms with Gasteiger partial charge in [-0.05, 0) is 38.2 Å². The molecule has 2 aromatic rings. The Labute approximate surface area is 127 Å². The number of hydrogen-bond acceptors (Lipinski definition) is 3. The van der Waals surface area contributed by atoms with Gasteiger partial charge in [-0.1, -0.05) is 23.7 Å². The van der Waals surface area contributed by atoms with Gasteiger partial charge in [-0.2, -0.15) is 5.10 Å². The van der Waals surface area contributed by atoms with Crippen LogP contribution in [0.5, 0.6) is 0 Å². The van der Waals surface area contributed by atoms with Gasteiger partial charge in [0.25, 0.3) is 5.91 Å². The maximum absolute atomic E-state index is 12.2. The molecular weight excluding hydrogens is 296 g/mol. The number of amides is 1. The zero-order valence-electron chi connectivity index (χ0n) is 11.2. The highest BCUT2D eigenvalue weighted by atomic mass is 35.5. The molecule has 0 fully saturated rings. The Balaban J connectivity index is 2.20. The number of carbonyl (C=O) groups excluding carboxylic acids is 1. The number of aromatic amines is 1. The standard InChI is InChI=1S/C13H15ClN4OS/c1-3-18-11(16-17-13(18)20)8(2)15-12(19)9-6-4-5-7-10(9)14/h4-8H,3H2,1-2H3,(H,15,19)(H,17,20)/t8-/m1/s1. The lowest BCUT2D eigenvalue weighted by Crippen LogP contribution is -2.29. The molecule has 0 aliphatic heterocycles. The van der Waals surface area contributed by atoms with Gasteiger partial charge >= 0.3 is 0 Å². The van der Waals surface area contributed by atoms with E-state index >= 15 is 0 Å². The van der Waals surface area contributed by atoms with Crippen molar-refractivity contribution in [2.24, 2.45) is 0 Å². The molecule has 7 heteroatoms. The second-order valence-electron chi connectivity index (χ2n) is 4.31. The number of nitrogens with one attached hydrogen (secondary N) is 2. The van der Waals surface area contributed by atoms with Crippen molar-refractivity contribution in [1.82, 2.24) is 20.1 Å². The van der Waals surface area contributed by atoms with Crippen molar-refractivity contribution in [2.45, 2.75) is 26.4 Å². The van der Waals surface area contributed by atoms with Crippen LogP contribution in [0.2, 0.25) is 5.02 Å². The number of aromatic nitrogens is 3. The molecule has 0 saturated heterocycles. The molecule has 1 aromatic heterocycles. The lowest BCUT2D eigenvalue weighted by molar-refractivity contribution is 0.0937. The first kappa shape index (κ1) is 14.7. The van der Waals surface area contributed by atoms with Crippen LogP contribution in [-0.2, 0) is 6.54 Å². The molecule has 0 spiro atoms. The highest BCUT2D eigenvalue weighted by Crippen LogP contribution is 2.17. The summed E-state index contributed by atoms with van der Waals surface area (Å²) in [6.07, 6.45) is 0. The van der Waals surface area contributed by atoms with E-state index in [1.807, 2.05) is 18.4 Å². The summed E-state index contributed by atoms with van der Waals surface area (Å²) in [6, 6.07) is 6.65. The fourth-order valence-electron chi connectivity index (χ4n) is 1.95. The third kappa shape index (κ3) is 2.91. The SMILES string of the molecule is CCn1c([C@@H](C)NC(=O)c2ccccc2Cl)n[nH]c1=S. The molecule has 106 valence electrons. The second-order valence-corrected chi connectivity index (χ2v) is 5.10. The lowest BCUT2D eigenvalue weighted by Gasteiger charge is -2.14. The summed E-state index contributed by atoms with van der Waals surface area (Å²) in [7, 11) is 0. The summed E-state index contributed by atoms with van der Waals surface area (Å²) in [5.74, 6) is 0.456. The summed E-state index contributed by atoms with van der Waals surface area (Å²) in [4.78, 5) is 12.2. The first-order chi connectivity index (χ1) is 9.54. The van der Waals surface area contributed by atoms with Crippen LogP contribution >= 0.6 is 23.8 Å². The molecule has 1 amide bonds. The lowest BCUT2D eigenvalue weighted by atomic mass is 10.2. The van der Waals surface area contributed by atoms with E-state index in [0.29, 0.717) is 27.7 Å². The Kier molecular flexibility index (Phi) is 4.57. The molecule has 0 aliphatic rings. The second kappa shape index (κ2) is 6.19. The molecular formula is C13H15ClN4OS. The normalized spacial score (nSPS) is 12.2. The topological polar surface area (TPSA) is 62.7 Å². The van der Waals surface area contributed by atoms with Crippen LogP contribution in [-0.4, -0.2) is 20.7 Å². The molecule has 1 atom stereocenters. The maximum atomic E-state index is 12.2. The third-order valence-corrected chi connectivity index (χ3v) is 3.60. The monoisotopic (exact) mass is 310 g/mol. The summed E-state index contributed by atoms with van der Waals surface area (Å²) in [5.41, 5.74) is 0.443. The molecule has 0 bridgehead atoms. The number of hydrogen-bond donors (Lipinski definition) is 2. The van der Waals surface area contributed by atoms with E-state index in [0.717, 1.165) is 0 Å². The number of benzene rings is 1. The predicted octanol–water partition coefficient (Wildman–Crippen LogP) is 3.10. The number of carbonyl (C=O) groups is 1. The molecule has 1 aromatic carbocycles. The maximum Gasteiger partial charge on any atom is 0.253 e. The van der Waals surface area contributed by atoms with Crippen molar-refractivity contribution in [3.8, 4) is 0 Å². The summed E-state index contributed by atoms with van der Waals surface area (Å²) >= 11 is 11.1. The minimum absolute atomic E-state index is 0.236. The van der Waals surface area contributed by atoms with E-state index in [9.17, 15) is 4.79 Å². The quantitative estimate of drug-likeness (QED) is 0.853. The molecule has 0 aliphatic carbocycles. The van der Waals surface area contributed by atoms with Crippen LogP contribution < -0.4 is 5.32 Å². The molecule has 0 saturated carbocycles. The first-order valence-electron chi connectivity index (χ1n) is 6.25. The van der Waals surface area contributed by atoms with Crippen molar-refractivity contribution in [2.75, 3.05) is 0 Å². The number of halogens is 1. The molecule has 0 unspecified atom stereocenters. The van der Waals surface area contributed by atoms with Crippen LogP contribution in [0, 0.1) is 4.77 Å². The van der Waals surface area contributed by atoms with E-state index in [4.69, 9.17) is 23.8 Å². The zero-order valence-corrected chi connectivity index (χ0v) is 12.8. The molecule has 1 heterocycles. The Morgan fingerprint density at radius 3 is 2.90 bits per heavy atom. The largest absolute Gasteiger partial charge is 0.342 e. The van der Waals surface area contributed by atoms with Gasteiger partial charge in [0.2, 0.25) is 0 Å². The van der Waals surface area contributed by atoms with E-state index in [1.165, 1.54) is 0 Å². The zero-order chi connectivity index (χ0) is 14.7. The Hall–Kier alpha value is -1.66. The Morgan fingerprint density at radius 1 is 1.55 bits per heavy atom. The van der Waals surface area contributed by atoms with Gasteiger partial charge in [-0.25, -0.2) is 0 Å². The van der Waals surface area contributed by atoms with Crippen molar-refractivity contribution >= 4 is 29.7 Å². The van der Waals surface area contributed by atoms with E-state index in [-0.39, 0.29) is 11.9 Å². The molecule has 20 heavy (non-hydrogen) atoms. The van der Waals surface area contributed by atoms with Crippen LogP contribution in [0.3, 0.4) is 0 Å². The summed E-state index contributed by atoms with van der Waals surface area (Å²) < 4.78 is 2.38. The fourth-order valence-corrected chi connectivity index (χ4v) is 2.44. The first-order valence-corrected chi connectivity index (χ1v) is 7.03. The van der Waals surface area contributed by atoms with Gasteiger partial charge in [0, 0.05) is 6.54 Å². The molecule has 2 rings (SSSR count). The van der Waals surface area contributed by atoms with E-state index in [2.05, 4.69) is 15.5 Å². The fraction of sp³-hybridized carbons (Fsp3) is 0.308. The summed E-state index contributed by atoms with van der Waals surface area (Å²) in [5, 5.41) is 10.2. The smallest absolute Gasteiger partial charge is 0.253 e. The predicted molar refractivity (Wildman–Crippen MR) is 80.4 cm³/mol. The highest BCUT2D eigenvalue weighted by Gasteiger charge is 2.17. The highest BCUT2D eigenvalue weighted by molar-refractivity contribution is 7.71. The van der Waals surface area contributed by atoms with Gasteiger partial charge < -0.3 is 9.88 Å². The van der Waals surface area contributed by atoms with Gasteiger partial charge in [0.1, 0.15) is 0 Å². The van der Waals surface area contributed by atoms with Gasteiger partial charge in [-0.3, -0.25) is 9.89 Å². The average molecular weight is 311 g/mol. The number of H-pyrrole nitrogens is 1. The van der Waals surface area contributed by atoms with Crippen molar-refractivity contribution in [3.05, 3.63) is 45.4 Å². The Morgan fingerprint density at radius 2 is 2.25 bits per heavy atom. The van der Waals surface area contributed by atoms with Crippen LogP contribution in [0.4, 0.5) is 0 Å². The van der Waals surface area contributed by atoms with Crippen molar-refractivity contribution < 1.29 is 4.79 Å². The Bertz CT molecular complexity index is 679. The summed E-state index contributed by atoms with van der Waals surface area (Å²) in [6.45, 7) is 4.51. The third-order valence-electron chi connectivity index (χ3n) is 2.96. The van der Waals surface area contributed by atoms with Gasteiger partial charge in [0.15, 0.2) is 10.6 Å². The van der Waals surface area contributed by atoms with E-state index in [1.54, 1.807) is 24.3 Å². The van der Waals surface area contributed by atoms with Crippen LogP contribution in [0.15, 0.2) is 24.3 Å². The van der Waals surface area contributed by atoms with Gasteiger partial charge in [-0.15, -0.1) is 0 Å².